The van der Waals surface area contributed by atoms with Crippen molar-refractivity contribution in [3.8, 4) is 0 Å². The first-order valence-electron chi connectivity index (χ1n) is 4.64. The van der Waals surface area contributed by atoms with Crippen molar-refractivity contribution in [2.75, 3.05) is 0 Å². The lowest BCUT2D eigenvalue weighted by Crippen LogP contribution is -1.99. The van der Waals surface area contributed by atoms with Gasteiger partial charge < -0.3 is 0 Å². The maximum absolute atomic E-state index is 3.83. The Kier molecular flexibility index (Phi) is 4.04. The van der Waals surface area contributed by atoms with Gasteiger partial charge in [-0.2, -0.15) is 0 Å². The normalized spacial score (nSPS) is 12.0. The Bertz CT molecular complexity index is 259. The van der Waals surface area contributed by atoms with Gasteiger partial charge in [-0.05, 0) is 24.3 Å². The van der Waals surface area contributed by atoms with Crippen LogP contribution in [0.5, 0.6) is 0 Å². The minimum Gasteiger partial charge on any atom is -0.103 e. The van der Waals surface area contributed by atoms with Crippen LogP contribution in [0, 0.1) is 5.92 Å². The molecular formula is C13H16. The molecular weight excluding hydrogens is 156 g/mol. The Morgan fingerprint density at radius 3 is 2.38 bits per heavy atom. The Hall–Kier alpha value is -1.30. The van der Waals surface area contributed by atoms with Crippen LogP contribution in [0.4, 0.5) is 0 Å². The van der Waals surface area contributed by atoms with Gasteiger partial charge in [0.1, 0.15) is 0 Å². The third kappa shape index (κ3) is 3.29. The van der Waals surface area contributed by atoms with Gasteiger partial charge in [0.05, 0.1) is 0 Å². The molecule has 1 unspecified atom stereocenters. The molecule has 0 aliphatic rings. The quantitative estimate of drug-likeness (QED) is 0.595. The summed E-state index contributed by atoms with van der Waals surface area (Å²) in [6.45, 7) is 7.57. The molecule has 68 valence electrons. The van der Waals surface area contributed by atoms with Gasteiger partial charge >= 0.3 is 0 Å². The summed E-state index contributed by atoms with van der Waals surface area (Å²) in [6.07, 6.45) is 6.04. The number of benzene rings is 1. The number of allylic oxidation sites excluding steroid dienone is 2. The lowest BCUT2D eigenvalue weighted by atomic mass is 9.96. The molecule has 13 heavy (non-hydrogen) atoms. The zero-order chi connectivity index (χ0) is 9.52. The van der Waals surface area contributed by atoms with E-state index in [1.165, 1.54) is 5.56 Å². The molecule has 0 aromatic heterocycles. The smallest absolute Gasteiger partial charge is 0.0161 e. The van der Waals surface area contributed by atoms with Crippen LogP contribution in [-0.4, -0.2) is 0 Å². The summed E-state index contributed by atoms with van der Waals surface area (Å²) >= 11 is 0. The maximum Gasteiger partial charge on any atom is -0.0161 e. The highest BCUT2D eigenvalue weighted by atomic mass is 14.1. The van der Waals surface area contributed by atoms with Crippen LogP contribution in [-0.2, 0) is 6.42 Å². The van der Waals surface area contributed by atoms with Crippen molar-refractivity contribution in [3.05, 3.63) is 61.2 Å². The molecule has 0 nitrogen and oxygen atoms in total. The summed E-state index contributed by atoms with van der Waals surface area (Å²) in [4.78, 5) is 0. The van der Waals surface area contributed by atoms with Gasteiger partial charge in [0.15, 0.2) is 0 Å². The molecule has 1 atom stereocenters. The SMILES string of the molecule is C=CCC(C=C)Cc1ccccc1. The van der Waals surface area contributed by atoms with E-state index in [0.29, 0.717) is 5.92 Å². The van der Waals surface area contributed by atoms with E-state index in [-0.39, 0.29) is 0 Å². The molecule has 0 saturated heterocycles. The zero-order valence-electron chi connectivity index (χ0n) is 7.95. The molecule has 1 aromatic carbocycles. The van der Waals surface area contributed by atoms with E-state index < -0.39 is 0 Å². The summed E-state index contributed by atoms with van der Waals surface area (Å²) in [7, 11) is 0. The summed E-state index contributed by atoms with van der Waals surface area (Å²) in [5.41, 5.74) is 1.37. The third-order valence-electron chi connectivity index (χ3n) is 2.14. The molecule has 0 amide bonds. The summed E-state index contributed by atoms with van der Waals surface area (Å²) in [6, 6.07) is 10.5. The fraction of sp³-hybridized carbons (Fsp3) is 0.231. The predicted molar refractivity (Wildman–Crippen MR) is 58.6 cm³/mol. The van der Waals surface area contributed by atoms with Crippen LogP contribution in [0.1, 0.15) is 12.0 Å². The van der Waals surface area contributed by atoms with Crippen LogP contribution < -0.4 is 0 Å². The highest BCUT2D eigenvalue weighted by molar-refractivity contribution is 5.16. The summed E-state index contributed by atoms with van der Waals surface area (Å²) in [5.74, 6) is 0.528. The largest absolute Gasteiger partial charge is 0.103 e. The lowest BCUT2D eigenvalue weighted by molar-refractivity contribution is 0.661. The van der Waals surface area contributed by atoms with Gasteiger partial charge in [-0.15, -0.1) is 13.2 Å². The Labute approximate surface area is 80.6 Å². The Morgan fingerprint density at radius 2 is 1.85 bits per heavy atom. The van der Waals surface area contributed by atoms with E-state index in [4.69, 9.17) is 0 Å². The van der Waals surface area contributed by atoms with Crippen molar-refractivity contribution >= 4 is 0 Å². The lowest BCUT2D eigenvalue weighted by Gasteiger charge is -2.09. The molecule has 1 aromatic rings. The second-order valence-corrected chi connectivity index (χ2v) is 3.21. The topological polar surface area (TPSA) is 0 Å². The number of rotatable bonds is 5. The summed E-state index contributed by atoms with van der Waals surface area (Å²) in [5, 5.41) is 0. The third-order valence-corrected chi connectivity index (χ3v) is 2.14. The molecule has 0 bridgehead atoms. The van der Waals surface area contributed by atoms with Gasteiger partial charge in [-0.1, -0.05) is 42.5 Å². The first-order chi connectivity index (χ1) is 6.36. The maximum atomic E-state index is 3.83. The first-order valence-corrected chi connectivity index (χ1v) is 4.64. The van der Waals surface area contributed by atoms with E-state index >= 15 is 0 Å². The number of hydrogen-bond donors (Lipinski definition) is 0. The molecule has 1 rings (SSSR count). The molecule has 0 N–H and O–H groups in total. The molecule has 0 heteroatoms. The Morgan fingerprint density at radius 1 is 1.15 bits per heavy atom. The van der Waals surface area contributed by atoms with Crippen molar-refractivity contribution in [2.24, 2.45) is 5.92 Å². The van der Waals surface area contributed by atoms with Crippen LogP contribution in [0.25, 0.3) is 0 Å². The highest BCUT2D eigenvalue weighted by Crippen LogP contribution is 2.13. The van der Waals surface area contributed by atoms with Crippen molar-refractivity contribution in [2.45, 2.75) is 12.8 Å². The second-order valence-electron chi connectivity index (χ2n) is 3.21. The van der Waals surface area contributed by atoms with Gasteiger partial charge in [0, 0.05) is 0 Å². The molecule has 0 aliphatic carbocycles. The minimum atomic E-state index is 0.528. The van der Waals surface area contributed by atoms with Crippen molar-refractivity contribution in [1.29, 1.82) is 0 Å². The molecule has 0 fully saturated rings. The average molecular weight is 172 g/mol. The molecule has 0 heterocycles. The van der Waals surface area contributed by atoms with Gasteiger partial charge in [0.2, 0.25) is 0 Å². The van der Waals surface area contributed by atoms with Crippen LogP contribution >= 0.6 is 0 Å². The van der Waals surface area contributed by atoms with E-state index in [0.717, 1.165) is 12.8 Å². The second kappa shape index (κ2) is 5.36. The van der Waals surface area contributed by atoms with Crippen molar-refractivity contribution < 1.29 is 0 Å². The van der Waals surface area contributed by atoms with E-state index in [1.807, 2.05) is 18.2 Å². The van der Waals surface area contributed by atoms with E-state index in [2.05, 4.69) is 37.4 Å². The first kappa shape index (κ1) is 9.79. The number of hydrogen-bond acceptors (Lipinski definition) is 0. The molecule has 0 radical (unpaired) electrons. The summed E-state index contributed by atoms with van der Waals surface area (Å²) < 4.78 is 0. The standard InChI is InChI=1S/C13H16/c1-3-8-12(4-2)11-13-9-6-5-7-10-13/h3-7,9-10,12H,1-2,8,11H2. The fourth-order valence-electron chi connectivity index (χ4n) is 1.39. The van der Waals surface area contributed by atoms with Crippen molar-refractivity contribution in [3.63, 3.8) is 0 Å². The van der Waals surface area contributed by atoms with E-state index in [1.54, 1.807) is 0 Å². The van der Waals surface area contributed by atoms with Crippen molar-refractivity contribution in [1.82, 2.24) is 0 Å². The molecule has 0 aliphatic heterocycles. The minimum absolute atomic E-state index is 0.528. The fourth-order valence-corrected chi connectivity index (χ4v) is 1.39. The highest BCUT2D eigenvalue weighted by Gasteiger charge is 2.02. The van der Waals surface area contributed by atoms with Gasteiger partial charge in [-0.25, -0.2) is 0 Å². The van der Waals surface area contributed by atoms with Gasteiger partial charge in [-0.3, -0.25) is 0 Å². The average Bonchev–Trinajstić information content (AvgIpc) is 2.19. The van der Waals surface area contributed by atoms with Crippen LogP contribution in [0.2, 0.25) is 0 Å². The predicted octanol–water partition coefficient (Wildman–Crippen LogP) is 3.61. The Balaban J connectivity index is 2.56. The van der Waals surface area contributed by atoms with Crippen LogP contribution in [0.3, 0.4) is 0 Å². The monoisotopic (exact) mass is 172 g/mol. The van der Waals surface area contributed by atoms with Crippen LogP contribution in [0.15, 0.2) is 55.6 Å². The zero-order valence-corrected chi connectivity index (χ0v) is 7.95. The molecule has 0 saturated carbocycles. The molecule has 0 spiro atoms. The van der Waals surface area contributed by atoms with E-state index in [9.17, 15) is 0 Å². The van der Waals surface area contributed by atoms with Gasteiger partial charge in [0.25, 0.3) is 0 Å².